The summed E-state index contributed by atoms with van der Waals surface area (Å²) >= 11 is 3.09. The first-order valence-corrected chi connectivity index (χ1v) is 8.16. The van der Waals surface area contributed by atoms with Gasteiger partial charge in [-0.3, -0.25) is 18.6 Å². The van der Waals surface area contributed by atoms with Crippen LogP contribution in [0, 0.1) is 20.9 Å². The smallest absolute Gasteiger partial charge is 0.466 e. The van der Waals surface area contributed by atoms with Gasteiger partial charge in [0.1, 0.15) is 5.40 Å². The van der Waals surface area contributed by atoms with Gasteiger partial charge < -0.3 is 19.8 Å². The van der Waals surface area contributed by atoms with Crippen molar-refractivity contribution >= 4 is 90.2 Å². The first-order chi connectivity index (χ1) is 9.15. The lowest BCUT2D eigenvalue weighted by atomic mass is 10.9. The summed E-state index contributed by atoms with van der Waals surface area (Å²) < 4.78 is 73.2. The second kappa shape index (κ2) is 30.6. The number of halogens is 5. The lowest BCUT2D eigenvalue weighted by Gasteiger charge is -2.03. The van der Waals surface area contributed by atoms with Gasteiger partial charge in [-0.1, -0.05) is 12.6 Å². The van der Waals surface area contributed by atoms with Crippen LogP contribution in [-0.4, -0.2) is 47.9 Å². The Hall–Kier alpha value is 0.850. The highest BCUT2D eigenvalue weighted by atomic mass is 127. The second-order valence-electron chi connectivity index (χ2n) is 1.98. The number of carboxylic acid groups (broad SMARTS) is 1. The molecule has 7 N–H and O–H groups in total. The fourth-order valence-corrected chi connectivity index (χ4v) is 0. The van der Waals surface area contributed by atoms with E-state index in [0.717, 1.165) is 6.92 Å². The Morgan fingerprint density at radius 1 is 1.19 bits per heavy atom. The third-order valence-electron chi connectivity index (χ3n) is 0. The zero-order valence-corrected chi connectivity index (χ0v) is 20.0. The Labute approximate surface area is 187 Å². The minimum absolute atomic E-state index is 0. The van der Waals surface area contributed by atoms with Crippen LogP contribution in [0.1, 0.15) is 6.92 Å². The van der Waals surface area contributed by atoms with Crippen molar-refractivity contribution in [1.29, 1.82) is 5.26 Å². The van der Waals surface area contributed by atoms with E-state index in [2.05, 4.69) is 12.6 Å². The van der Waals surface area contributed by atoms with Crippen molar-refractivity contribution in [2.45, 2.75) is 6.92 Å². The van der Waals surface area contributed by atoms with Crippen LogP contribution in [0.15, 0.2) is 0 Å². The number of thiocyanates is 1. The Bertz CT molecular complexity index is 440. The van der Waals surface area contributed by atoms with E-state index in [4.69, 9.17) is 70.6 Å². The van der Waals surface area contributed by atoms with E-state index in [9.17, 15) is 0 Å². The van der Waals surface area contributed by atoms with Crippen molar-refractivity contribution in [1.82, 2.24) is 0 Å². The topological polar surface area (TPSA) is 303 Å². The van der Waals surface area contributed by atoms with Crippen molar-refractivity contribution in [3.63, 3.8) is 0 Å². The predicted octanol–water partition coefficient (Wildman–Crippen LogP) is -3.45. The molecule has 0 saturated carbocycles. The maximum Gasteiger partial charge on any atom is 0.466 e. The largest absolute Gasteiger partial charge is 0.481 e. The lowest BCUT2D eigenvalue weighted by molar-refractivity contribution is -1.92. The molecule has 23 heteroatoms. The number of hydrogen-bond acceptors (Lipinski definition) is 10. The fourth-order valence-electron chi connectivity index (χ4n) is 0. The van der Waals surface area contributed by atoms with Crippen LogP contribution in [0.4, 0.5) is 4.70 Å². The van der Waals surface area contributed by atoms with Crippen molar-refractivity contribution in [3.8, 4) is 5.40 Å². The maximum absolute atomic E-state index is 9.00. The van der Waals surface area contributed by atoms with Crippen LogP contribution in [0.25, 0.3) is 0 Å². The number of rotatable bonds is 0. The van der Waals surface area contributed by atoms with Crippen LogP contribution < -0.4 is 14.0 Å². The number of thiol groups is 1. The van der Waals surface area contributed by atoms with Gasteiger partial charge in [-0.25, -0.2) is 4.57 Å². The monoisotopic (exact) mass is 679 g/mol. The van der Waals surface area contributed by atoms with E-state index < -0.39 is 34.4 Å². The Morgan fingerprint density at radius 3 is 1.19 bits per heavy atom. The lowest BCUT2D eigenvalue weighted by Crippen LogP contribution is -2.58. The van der Waals surface area contributed by atoms with Gasteiger partial charge in [0.2, 0.25) is 0 Å². The molecule has 0 aromatic carbocycles. The van der Waals surface area contributed by atoms with Gasteiger partial charge in [-0.15, -0.1) is 53.4 Å². The molecule has 0 amide bonds. The van der Waals surface area contributed by atoms with Crippen LogP contribution in [0.3, 0.4) is 0 Å². The molecule has 26 heavy (non-hydrogen) atoms. The van der Waals surface area contributed by atoms with E-state index >= 15 is 0 Å². The molecule has 0 saturated heterocycles. The molecule has 168 valence electrons. The molecule has 15 nitrogen and oxygen atoms in total. The highest BCUT2D eigenvalue weighted by Gasteiger charge is 2.00. The average molecular weight is 681 g/mol. The molecule has 0 unspecified atom stereocenters. The molecule has 0 heterocycles. The number of carbonyl (C=O) groups is 1. The SMILES string of the molecule is Br.CC(=O)O.Cl.F.I.N#CS.O=P(O)(O)O.O=S(=O)(O)O.[O-][Cl+3]([O-])([O-])O. The minimum Gasteiger partial charge on any atom is -0.481 e. The van der Waals surface area contributed by atoms with Crippen LogP contribution in [0.2, 0.25) is 0 Å². The van der Waals surface area contributed by atoms with Crippen molar-refractivity contribution < 1.29 is 80.3 Å². The summed E-state index contributed by atoms with van der Waals surface area (Å²) in [5.41, 5.74) is 0. The average Bonchev–Trinajstić information content (AvgIpc) is 1.89. The summed E-state index contributed by atoms with van der Waals surface area (Å²) in [6.45, 7) is 1.08. The summed E-state index contributed by atoms with van der Waals surface area (Å²) in [4.78, 5) is 30.6. The number of nitrogens with zero attached hydrogens (tertiary/aromatic N) is 1. The van der Waals surface area contributed by atoms with Gasteiger partial charge in [-0.05, 0) is 0 Å². The first kappa shape index (κ1) is 56.3. The predicted molar refractivity (Wildman–Crippen MR) is 94.1 cm³/mol. The molecular formula is C3H15BrCl2FINO14PS2. The molecule has 0 atom stereocenters. The van der Waals surface area contributed by atoms with E-state index in [-0.39, 0.29) is 58.1 Å². The molecule has 0 aromatic heterocycles. The first-order valence-electron chi connectivity index (χ1n) is 3.49. The number of carboxylic acids is 1. The van der Waals surface area contributed by atoms with Crippen LogP contribution >= 0.6 is 73.8 Å². The van der Waals surface area contributed by atoms with Gasteiger partial charge >= 0.3 is 18.2 Å². The molecule has 0 spiro atoms. The third kappa shape index (κ3) is 19600. The molecule has 0 fully saturated rings. The summed E-state index contributed by atoms with van der Waals surface area (Å²) in [6, 6.07) is 0. The van der Waals surface area contributed by atoms with Crippen LogP contribution in [-0.2, 0) is 19.8 Å². The summed E-state index contributed by atoms with van der Waals surface area (Å²) in [5.74, 6) is -0.833. The molecular weight excluding hydrogens is 666 g/mol. The molecule has 0 aliphatic heterocycles. The quantitative estimate of drug-likeness (QED) is 0.0406. The molecule has 0 radical (unpaired) electrons. The van der Waals surface area contributed by atoms with E-state index in [1.165, 1.54) is 5.40 Å². The van der Waals surface area contributed by atoms with Crippen molar-refractivity contribution in [3.05, 3.63) is 0 Å². The Morgan fingerprint density at radius 2 is 1.19 bits per heavy atom. The number of nitriles is 1. The molecule has 0 aromatic rings. The zero-order valence-electron chi connectivity index (χ0n) is 11.7. The van der Waals surface area contributed by atoms with Crippen molar-refractivity contribution in [2.24, 2.45) is 0 Å². The van der Waals surface area contributed by atoms with E-state index in [1.807, 2.05) is 0 Å². The Balaban J connectivity index is -0.0000000193. The van der Waals surface area contributed by atoms with Crippen LogP contribution in [0.5, 0.6) is 0 Å². The second-order valence-corrected chi connectivity index (χ2v) is 4.89. The van der Waals surface area contributed by atoms with E-state index in [0.29, 0.717) is 0 Å². The minimum atomic E-state index is -4.69. The summed E-state index contributed by atoms with van der Waals surface area (Å²) in [5, 5.41) is 16.0. The fraction of sp³-hybridized carbons (Fsp3) is 0.333. The van der Waals surface area contributed by atoms with Crippen molar-refractivity contribution in [2.75, 3.05) is 0 Å². The van der Waals surface area contributed by atoms with Gasteiger partial charge in [0, 0.05) is 6.92 Å². The van der Waals surface area contributed by atoms with E-state index in [1.54, 1.807) is 0 Å². The maximum atomic E-state index is 9.00. The molecule has 0 bridgehead atoms. The summed E-state index contributed by atoms with van der Waals surface area (Å²) in [6.07, 6.45) is 0. The third-order valence-corrected chi connectivity index (χ3v) is 0. The standard InChI is InChI=1S/C2H4O2.CHNS.BrH.ClHO4.ClH.FH.HI.H3O4P.H2O4S/c1-2(3)4;2-1-3;;2-1(3,4)5;;;;2*1-5(2,3)4/h1H3,(H,3,4);3H;1H;(H,2,3,4,5);3*1H;(H3,1,2,3,4);(H2,1,2,3,4). The normalized spacial score (nSPS) is 8.08. The highest BCUT2D eigenvalue weighted by Crippen LogP contribution is 2.25. The summed E-state index contributed by atoms with van der Waals surface area (Å²) in [7, 11) is -14.0. The Kier molecular flexibility index (Phi) is 66.2. The molecule has 0 aliphatic carbocycles. The number of aliphatic carboxylic acids is 1. The van der Waals surface area contributed by atoms with Gasteiger partial charge in [0.25, 0.3) is 5.97 Å². The van der Waals surface area contributed by atoms with Gasteiger partial charge in [0.05, 0.1) is 14.9 Å². The molecule has 0 aliphatic rings. The molecule has 0 rings (SSSR count). The highest BCUT2D eigenvalue weighted by molar-refractivity contribution is 14.0. The number of phosphoric acid groups is 1. The van der Waals surface area contributed by atoms with Gasteiger partial charge in [0.15, 0.2) is 0 Å². The number of hydrogen-bond donors (Lipinski definition) is 8. The zero-order chi connectivity index (χ0) is 19.8. The van der Waals surface area contributed by atoms with Gasteiger partial charge in [-0.2, -0.15) is 27.7 Å².